The topological polar surface area (TPSA) is 91.8 Å². The molecule has 0 heterocycles. The predicted molar refractivity (Wildman–Crippen MR) is 77.3 cm³/mol. The van der Waals surface area contributed by atoms with E-state index in [9.17, 15) is 18.0 Å². The number of unbranched alkanes of at least 4 members (excludes halogenated alkanes) is 2. The summed E-state index contributed by atoms with van der Waals surface area (Å²) in [5.41, 5.74) is 0. The van der Waals surface area contributed by atoms with Crippen LogP contribution in [0.1, 0.15) is 46.5 Å². The van der Waals surface area contributed by atoms with Crippen LogP contribution in [0.5, 0.6) is 0 Å². The molecule has 0 fully saturated rings. The summed E-state index contributed by atoms with van der Waals surface area (Å²) in [6.07, 6.45) is 2.82. The number of sulfone groups is 1. The predicted octanol–water partition coefficient (Wildman–Crippen LogP) is 1.30. The van der Waals surface area contributed by atoms with Crippen molar-refractivity contribution in [3.63, 3.8) is 0 Å². The molecule has 0 aromatic rings. The lowest BCUT2D eigenvalue weighted by Gasteiger charge is -2.26. The molecule has 1 unspecified atom stereocenters. The molecule has 0 aliphatic heterocycles. The van der Waals surface area contributed by atoms with Gasteiger partial charge in [-0.3, -0.25) is 9.59 Å². The van der Waals surface area contributed by atoms with Crippen LogP contribution in [0.3, 0.4) is 0 Å². The highest BCUT2D eigenvalue weighted by Crippen LogP contribution is 2.07. The Morgan fingerprint density at radius 3 is 2.25 bits per heavy atom. The Kier molecular flexibility index (Phi) is 8.45. The van der Waals surface area contributed by atoms with E-state index in [0.29, 0.717) is 12.8 Å². The van der Waals surface area contributed by atoms with E-state index in [1.807, 2.05) is 13.8 Å². The van der Waals surface area contributed by atoms with Crippen LogP contribution in [-0.2, 0) is 19.4 Å². The third-order valence-electron chi connectivity index (χ3n) is 3.15. The first kappa shape index (κ1) is 18.9. The fraction of sp³-hybridized carbons (Fsp3) is 0.846. The number of carboxylic acid groups (broad SMARTS) is 1. The first-order valence-electron chi connectivity index (χ1n) is 6.95. The largest absolute Gasteiger partial charge is 0.480 e. The first-order chi connectivity index (χ1) is 9.23. The lowest BCUT2D eigenvalue weighted by atomic mass is 10.2. The Hall–Kier alpha value is -1.11. The quantitative estimate of drug-likeness (QED) is 0.614. The Bertz CT molecular complexity index is 418. The fourth-order valence-corrected chi connectivity index (χ4v) is 3.10. The minimum absolute atomic E-state index is 0.0198. The lowest BCUT2D eigenvalue weighted by Crippen LogP contribution is -2.44. The molecular formula is C13H25NO5S. The molecule has 0 saturated heterocycles. The van der Waals surface area contributed by atoms with Crippen molar-refractivity contribution in [1.29, 1.82) is 0 Å². The zero-order valence-corrected chi connectivity index (χ0v) is 13.3. The van der Waals surface area contributed by atoms with E-state index in [0.717, 1.165) is 17.7 Å². The van der Waals surface area contributed by atoms with E-state index in [1.165, 1.54) is 0 Å². The summed E-state index contributed by atoms with van der Waals surface area (Å²) in [5, 5.41) is 8.81. The second-order valence-corrected chi connectivity index (χ2v) is 7.16. The SMILES string of the molecule is CCCCCS(=O)(=O)CC(=O)N(CC(=O)O)C(C)CC. The van der Waals surface area contributed by atoms with Gasteiger partial charge in [-0.15, -0.1) is 0 Å². The number of hydrogen-bond donors (Lipinski definition) is 1. The molecule has 7 heteroatoms. The molecule has 20 heavy (non-hydrogen) atoms. The molecule has 1 atom stereocenters. The smallest absolute Gasteiger partial charge is 0.323 e. The Balaban J connectivity index is 4.70. The van der Waals surface area contributed by atoms with Gasteiger partial charge in [-0.2, -0.15) is 0 Å². The molecule has 1 amide bonds. The van der Waals surface area contributed by atoms with Crippen LogP contribution in [0.25, 0.3) is 0 Å². The summed E-state index contributed by atoms with van der Waals surface area (Å²) in [4.78, 5) is 23.9. The number of hydrogen-bond acceptors (Lipinski definition) is 4. The van der Waals surface area contributed by atoms with Crippen molar-refractivity contribution in [2.45, 2.75) is 52.5 Å². The standard InChI is InChI=1S/C13H25NO5S/c1-4-6-7-8-20(18,19)10-12(15)14(9-13(16)17)11(3)5-2/h11H,4-10H2,1-3H3,(H,16,17). The van der Waals surface area contributed by atoms with Crippen molar-refractivity contribution in [3.8, 4) is 0 Å². The Morgan fingerprint density at radius 1 is 1.20 bits per heavy atom. The van der Waals surface area contributed by atoms with Gasteiger partial charge in [-0.05, 0) is 19.8 Å². The Labute approximate surface area is 121 Å². The maximum atomic E-state index is 12.0. The van der Waals surface area contributed by atoms with Crippen molar-refractivity contribution >= 4 is 21.7 Å². The van der Waals surface area contributed by atoms with Crippen LogP contribution >= 0.6 is 0 Å². The normalized spacial score (nSPS) is 12.9. The van der Waals surface area contributed by atoms with E-state index in [-0.39, 0.29) is 11.8 Å². The molecule has 1 N–H and O–H groups in total. The average molecular weight is 307 g/mol. The van der Waals surface area contributed by atoms with E-state index in [2.05, 4.69) is 0 Å². The maximum absolute atomic E-state index is 12.0. The van der Waals surface area contributed by atoms with Crippen molar-refractivity contribution in [1.82, 2.24) is 4.90 Å². The third kappa shape index (κ3) is 7.47. The molecule has 0 aliphatic rings. The molecule has 6 nitrogen and oxygen atoms in total. The summed E-state index contributed by atoms with van der Waals surface area (Å²) in [7, 11) is -3.46. The lowest BCUT2D eigenvalue weighted by molar-refractivity contribution is -0.144. The second-order valence-electron chi connectivity index (χ2n) is 4.97. The van der Waals surface area contributed by atoms with Gasteiger partial charge in [0.05, 0.1) is 5.75 Å². The minimum Gasteiger partial charge on any atom is -0.480 e. The molecule has 0 rings (SSSR count). The van der Waals surface area contributed by atoms with Gasteiger partial charge in [0.1, 0.15) is 12.3 Å². The zero-order valence-electron chi connectivity index (χ0n) is 12.5. The van der Waals surface area contributed by atoms with Gasteiger partial charge in [0.25, 0.3) is 0 Å². The van der Waals surface area contributed by atoms with E-state index >= 15 is 0 Å². The average Bonchev–Trinajstić information content (AvgIpc) is 2.34. The van der Waals surface area contributed by atoms with Gasteiger partial charge in [0.2, 0.25) is 5.91 Å². The molecule has 0 aromatic heterocycles. The molecule has 0 bridgehead atoms. The number of rotatable bonds is 10. The summed E-state index contributed by atoms with van der Waals surface area (Å²) in [6.45, 7) is 5.04. The van der Waals surface area contributed by atoms with E-state index in [4.69, 9.17) is 5.11 Å². The third-order valence-corrected chi connectivity index (χ3v) is 4.75. The summed E-state index contributed by atoms with van der Waals surface area (Å²) >= 11 is 0. The minimum atomic E-state index is -3.46. The van der Waals surface area contributed by atoms with Crippen LogP contribution in [0.15, 0.2) is 0 Å². The molecule has 0 saturated carbocycles. The van der Waals surface area contributed by atoms with Crippen LogP contribution in [-0.4, -0.2) is 54.4 Å². The van der Waals surface area contributed by atoms with Crippen molar-refractivity contribution < 1.29 is 23.1 Å². The zero-order chi connectivity index (χ0) is 15.8. The molecule has 0 aliphatic carbocycles. The highest BCUT2D eigenvalue weighted by atomic mass is 32.2. The molecule has 0 radical (unpaired) electrons. The van der Waals surface area contributed by atoms with Crippen LogP contribution in [0.4, 0.5) is 0 Å². The number of amides is 1. The highest BCUT2D eigenvalue weighted by molar-refractivity contribution is 7.92. The number of carbonyl (C=O) groups is 2. The number of carboxylic acids is 1. The first-order valence-corrected chi connectivity index (χ1v) is 8.77. The van der Waals surface area contributed by atoms with E-state index in [1.54, 1.807) is 6.92 Å². The molecule has 0 spiro atoms. The summed E-state index contributed by atoms with van der Waals surface area (Å²) < 4.78 is 23.6. The fourth-order valence-electron chi connectivity index (χ4n) is 1.77. The molecule has 118 valence electrons. The van der Waals surface area contributed by atoms with Crippen molar-refractivity contribution in [2.75, 3.05) is 18.1 Å². The summed E-state index contributed by atoms with van der Waals surface area (Å²) in [5.74, 6) is -2.39. The van der Waals surface area contributed by atoms with Gasteiger partial charge in [0, 0.05) is 6.04 Å². The number of carbonyl (C=O) groups excluding carboxylic acids is 1. The van der Waals surface area contributed by atoms with Gasteiger partial charge in [-0.1, -0.05) is 26.7 Å². The van der Waals surface area contributed by atoms with Crippen LogP contribution in [0, 0.1) is 0 Å². The van der Waals surface area contributed by atoms with Crippen molar-refractivity contribution in [3.05, 3.63) is 0 Å². The van der Waals surface area contributed by atoms with Gasteiger partial charge in [0.15, 0.2) is 9.84 Å². The Morgan fingerprint density at radius 2 is 1.80 bits per heavy atom. The highest BCUT2D eigenvalue weighted by Gasteiger charge is 2.26. The van der Waals surface area contributed by atoms with Gasteiger partial charge < -0.3 is 10.0 Å². The monoisotopic (exact) mass is 307 g/mol. The van der Waals surface area contributed by atoms with Gasteiger partial charge >= 0.3 is 5.97 Å². The van der Waals surface area contributed by atoms with E-state index < -0.39 is 34.0 Å². The molecular weight excluding hydrogens is 282 g/mol. The summed E-state index contributed by atoms with van der Waals surface area (Å²) in [6, 6.07) is -0.288. The number of aliphatic carboxylic acids is 1. The van der Waals surface area contributed by atoms with Crippen molar-refractivity contribution in [2.24, 2.45) is 0 Å². The maximum Gasteiger partial charge on any atom is 0.323 e. The van der Waals surface area contributed by atoms with Gasteiger partial charge in [-0.25, -0.2) is 8.42 Å². The second kappa shape index (κ2) is 8.94. The number of nitrogens with zero attached hydrogens (tertiary/aromatic N) is 1. The van der Waals surface area contributed by atoms with Crippen LogP contribution in [0.2, 0.25) is 0 Å². The van der Waals surface area contributed by atoms with Crippen LogP contribution < -0.4 is 0 Å². The molecule has 0 aromatic carbocycles.